The van der Waals surface area contributed by atoms with Crippen molar-refractivity contribution < 1.29 is 29.8 Å². The molecule has 0 bridgehead atoms. The molecular weight excluding hydrogens is 292 g/mol. The number of carbonyl (C=O) groups excluding carboxylic acids is 2. The lowest BCUT2D eigenvalue weighted by Crippen LogP contribution is -2.62. The van der Waals surface area contributed by atoms with Gasteiger partial charge in [0.1, 0.15) is 0 Å². The van der Waals surface area contributed by atoms with Crippen LogP contribution in [0, 0.1) is 0 Å². The second-order valence-electron chi connectivity index (χ2n) is 6.92. The van der Waals surface area contributed by atoms with Gasteiger partial charge in [0.05, 0.1) is 0 Å². The topological polar surface area (TPSA) is 118 Å². The molecule has 2 fully saturated rings. The molecule has 2 saturated heterocycles. The fourth-order valence-corrected chi connectivity index (χ4v) is 3.39. The zero-order chi connectivity index (χ0) is 17.3. The van der Waals surface area contributed by atoms with E-state index in [1.54, 1.807) is 0 Å². The molecule has 0 aromatic heterocycles. The number of rotatable bonds is 1. The van der Waals surface area contributed by atoms with Gasteiger partial charge >= 0.3 is 6.16 Å². The van der Waals surface area contributed by atoms with Crippen LogP contribution < -0.4 is 0 Å². The zero-order valence-corrected chi connectivity index (χ0v) is 13.3. The van der Waals surface area contributed by atoms with Crippen molar-refractivity contribution >= 4 is 18.0 Å². The Morgan fingerprint density at radius 2 is 1.32 bits per heavy atom. The Balaban J connectivity index is 0.000000541. The summed E-state index contributed by atoms with van der Waals surface area (Å²) in [5, 5.41) is 27.3. The molecule has 0 aromatic carbocycles. The van der Waals surface area contributed by atoms with Crippen LogP contribution in [0.3, 0.4) is 0 Å². The van der Waals surface area contributed by atoms with Gasteiger partial charge in [-0.25, -0.2) is 4.79 Å². The van der Waals surface area contributed by atoms with E-state index >= 15 is 0 Å². The van der Waals surface area contributed by atoms with E-state index in [-0.39, 0.29) is 17.9 Å². The molecule has 125 valence electrons. The third-order valence-electron chi connectivity index (χ3n) is 4.03. The first-order valence-corrected chi connectivity index (χ1v) is 7.13. The molecule has 0 spiro atoms. The number of imide groups is 1. The summed E-state index contributed by atoms with van der Waals surface area (Å²) in [5.74, 6) is -0.174. The molecule has 0 aromatic rings. The Morgan fingerprint density at radius 1 is 1.00 bits per heavy atom. The number of amides is 2. The van der Waals surface area contributed by atoms with Gasteiger partial charge in [-0.05, 0) is 40.5 Å². The molecule has 22 heavy (non-hydrogen) atoms. The molecule has 2 rings (SSSR count). The van der Waals surface area contributed by atoms with E-state index in [1.165, 1.54) is 4.90 Å². The van der Waals surface area contributed by atoms with E-state index in [0.29, 0.717) is 25.7 Å². The molecule has 1 radical (unpaired) electrons. The van der Waals surface area contributed by atoms with Crippen molar-refractivity contribution in [1.82, 2.24) is 9.96 Å². The maximum atomic E-state index is 12.2. The van der Waals surface area contributed by atoms with Crippen molar-refractivity contribution in [3.8, 4) is 0 Å². The monoisotopic (exact) mass is 315 g/mol. The van der Waals surface area contributed by atoms with E-state index < -0.39 is 17.2 Å². The minimum atomic E-state index is -1.83. The van der Waals surface area contributed by atoms with Crippen LogP contribution in [0.2, 0.25) is 0 Å². The molecule has 2 amide bonds. The van der Waals surface area contributed by atoms with Gasteiger partial charge in [-0.15, -0.1) is 10.3 Å². The summed E-state index contributed by atoms with van der Waals surface area (Å²) in [6.45, 7) is 7.50. The SMILES string of the molecule is CC1(C)CC(N2C(=O)CCC2=O)CC(C)(C)N1[O].O=C(O)O. The summed E-state index contributed by atoms with van der Waals surface area (Å²) in [5.41, 5.74) is -1.09. The summed E-state index contributed by atoms with van der Waals surface area (Å²) < 4.78 is 0. The zero-order valence-electron chi connectivity index (χ0n) is 13.3. The van der Waals surface area contributed by atoms with E-state index in [4.69, 9.17) is 15.0 Å². The Bertz CT molecular complexity index is 436. The van der Waals surface area contributed by atoms with Crippen molar-refractivity contribution in [3.63, 3.8) is 0 Å². The smallest absolute Gasteiger partial charge is 0.450 e. The van der Waals surface area contributed by atoms with Gasteiger partial charge in [0.25, 0.3) is 0 Å². The predicted molar refractivity (Wildman–Crippen MR) is 75.4 cm³/mol. The predicted octanol–water partition coefficient (Wildman–Crippen LogP) is 1.72. The van der Waals surface area contributed by atoms with Gasteiger partial charge < -0.3 is 10.2 Å². The Kier molecular flexibility index (Phi) is 5.19. The van der Waals surface area contributed by atoms with Gasteiger partial charge in [0.15, 0.2) is 0 Å². The third kappa shape index (κ3) is 3.95. The molecule has 8 nitrogen and oxygen atoms in total. The normalized spacial score (nSPS) is 24.9. The Morgan fingerprint density at radius 3 is 1.64 bits per heavy atom. The molecule has 0 aliphatic carbocycles. The number of piperidine rings is 1. The number of carboxylic acid groups (broad SMARTS) is 2. The van der Waals surface area contributed by atoms with Crippen molar-refractivity contribution in [1.29, 1.82) is 0 Å². The van der Waals surface area contributed by atoms with Gasteiger partial charge in [0.2, 0.25) is 11.8 Å². The summed E-state index contributed by atoms with van der Waals surface area (Å²) >= 11 is 0. The number of carbonyl (C=O) groups is 3. The highest BCUT2D eigenvalue weighted by Crippen LogP contribution is 2.40. The molecule has 2 aliphatic rings. The minimum Gasteiger partial charge on any atom is -0.450 e. The lowest BCUT2D eigenvalue weighted by atomic mass is 9.78. The second kappa shape index (κ2) is 6.21. The highest BCUT2D eigenvalue weighted by molar-refractivity contribution is 6.02. The number of nitrogens with zero attached hydrogens (tertiary/aromatic N) is 2. The molecular formula is C14H23N2O6. The van der Waals surface area contributed by atoms with E-state index in [1.807, 2.05) is 27.7 Å². The first-order chi connectivity index (χ1) is 9.88. The van der Waals surface area contributed by atoms with Crippen LogP contribution in [-0.4, -0.2) is 55.3 Å². The number of hydroxylamine groups is 2. The van der Waals surface area contributed by atoms with Crippen molar-refractivity contribution in [3.05, 3.63) is 0 Å². The number of hydrogen-bond acceptors (Lipinski definition) is 4. The van der Waals surface area contributed by atoms with Gasteiger partial charge in [-0.3, -0.25) is 14.5 Å². The average molecular weight is 315 g/mol. The molecule has 0 unspecified atom stereocenters. The Hall–Kier alpha value is -1.67. The van der Waals surface area contributed by atoms with Crippen LogP contribution >= 0.6 is 0 Å². The quantitative estimate of drug-likeness (QED) is 0.711. The summed E-state index contributed by atoms with van der Waals surface area (Å²) in [6.07, 6.45) is -0.0939. The highest BCUT2D eigenvalue weighted by atomic mass is 16.6. The first-order valence-electron chi connectivity index (χ1n) is 7.13. The fraction of sp³-hybridized carbons (Fsp3) is 0.786. The number of likely N-dealkylation sites (tertiary alicyclic amines) is 1. The van der Waals surface area contributed by atoms with Crippen LogP contribution in [0.4, 0.5) is 4.79 Å². The molecule has 2 N–H and O–H groups in total. The third-order valence-corrected chi connectivity index (χ3v) is 4.03. The maximum Gasteiger partial charge on any atom is 0.503 e. The summed E-state index contributed by atoms with van der Waals surface area (Å²) in [7, 11) is 0. The summed E-state index contributed by atoms with van der Waals surface area (Å²) in [4.78, 5) is 33.6. The van der Waals surface area contributed by atoms with Crippen LogP contribution in [0.15, 0.2) is 0 Å². The van der Waals surface area contributed by atoms with Crippen LogP contribution in [0.1, 0.15) is 53.4 Å². The number of hydrogen-bond donors (Lipinski definition) is 2. The molecule has 2 heterocycles. The van der Waals surface area contributed by atoms with E-state index in [0.717, 1.165) is 5.06 Å². The molecule has 8 heteroatoms. The van der Waals surface area contributed by atoms with Gasteiger partial charge in [0, 0.05) is 30.0 Å². The van der Waals surface area contributed by atoms with E-state index in [2.05, 4.69) is 0 Å². The largest absolute Gasteiger partial charge is 0.503 e. The summed E-state index contributed by atoms with van der Waals surface area (Å²) in [6, 6.07) is -0.136. The van der Waals surface area contributed by atoms with E-state index in [9.17, 15) is 14.8 Å². The van der Waals surface area contributed by atoms with Crippen LogP contribution in [-0.2, 0) is 14.8 Å². The van der Waals surface area contributed by atoms with Crippen molar-refractivity contribution in [2.24, 2.45) is 0 Å². The van der Waals surface area contributed by atoms with Gasteiger partial charge in [-0.1, -0.05) is 0 Å². The van der Waals surface area contributed by atoms with Crippen LogP contribution in [0.25, 0.3) is 0 Å². The first kappa shape index (κ1) is 18.4. The fourth-order valence-electron chi connectivity index (χ4n) is 3.39. The van der Waals surface area contributed by atoms with Crippen LogP contribution in [0.5, 0.6) is 0 Å². The standard InChI is InChI=1S/C13H21N2O3.CH2O3/c1-12(2)7-9(8-13(3,4)15(12)18)14-10(16)5-6-11(14)17;2-1(3)4/h9H,5-8H2,1-4H3;(H2,2,3,4). The Labute approximate surface area is 129 Å². The highest BCUT2D eigenvalue weighted by Gasteiger charge is 2.50. The maximum absolute atomic E-state index is 12.2. The molecule has 0 atom stereocenters. The second-order valence-corrected chi connectivity index (χ2v) is 6.92. The molecule has 2 aliphatic heterocycles. The van der Waals surface area contributed by atoms with Crippen molar-refractivity contribution in [2.45, 2.75) is 70.5 Å². The lowest BCUT2D eigenvalue weighted by molar-refractivity contribution is -0.293. The minimum absolute atomic E-state index is 0.0871. The van der Waals surface area contributed by atoms with Crippen molar-refractivity contribution in [2.75, 3.05) is 0 Å². The molecule has 0 saturated carbocycles. The van der Waals surface area contributed by atoms with Gasteiger partial charge in [-0.2, -0.15) is 0 Å². The average Bonchev–Trinajstić information content (AvgIpc) is 2.64. The lowest BCUT2D eigenvalue weighted by Gasteiger charge is -2.51.